The maximum Gasteiger partial charge on any atom is 0.159 e. The number of allylic oxidation sites excluding steroid dienone is 1. The van der Waals surface area contributed by atoms with Crippen molar-refractivity contribution in [3.05, 3.63) is 91.0 Å². The first-order valence-corrected chi connectivity index (χ1v) is 13.2. The lowest BCUT2D eigenvalue weighted by Crippen LogP contribution is -2.07. The molecule has 0 radical (unpaired) electrons. The quantitative estimate of drug-likeness (QED) is 0.205. The molecule has 1 saturated carbocycles. The molecule has 1 fully saturated rings. The Hall–Kier alpha value is -4.92. The summed E-state index contributed by atoms with van der Waals surface area (Å²) in [6, 6.07) is 13.5. The van der Waals surface area contributed by atoms with Gasteiger partial charge in [-0.2, -0.15) is 5.10 Å². The number of hydrogen-bond donors (Lipinski definition) is 3. The minimum atomic E-state index is -0.442. The Bertz CT molecular complexity index is 1900. The van der Waals surface area contributed by atoms with Gasteiger partial charge in [0.25, 0.3) is 0 Å². The van der Waals surface area contributed by atoms with Crippen LogP contribution >= 0.6 is 0 Å². The first-order chi connectivity index (χ1) is 19.6. The topological polar surface area (TPSA) is 95.2 Å². The van der Waals surface area contributed by atoms with E-state index in [0.717, 1.165) is 24.2 Å². The van der Waals surface area contributed by atoms with E-state index in [0.29, 0.717) is 61.8 Å². The molecular formula is C31H25F2N7. The van der Waals surface area contributed by atoms with Crippen LogP contribution in [0.15, 0.2) is 79.4 Å². The van der Waals surface area contributed by atoms with Crippen LogP contribution in [0, 0.1) is 17.6 Å². The summed E-state index contributed by atoms with van der Waals surface area (Å²) in [6.07, 6.45) is 9.64. The van der Waals surface area contributed by atoms with Crippen LogP contribution in [0.4, 0.5) is 14.5 Å². The van der Waals surface area contributed by atoms with Crippen molar-refractivity contribution >= 4 is 27.6 Å². The molecular weight excluding hydrogens is 508 g/mol. The molecule has 6 aromatic rings. The molecule has 1 aliphatic rings. The third-order valence-corrected chi connectivity index (χ3v) is 7.62. The molecule has 0 aliphatic heterocycles. The first-order valence-electron chi connectivity index (χ1n) is 13.2. The molecule has 3 N–H and O–H groups in total. The Morgan fingerprint density at radius 1 is 0.950 bits per heavy atom. The second-order valence-electron chi connectivity index (χ2n) is 10.1. The van der Waals surface area contributed by atoms with Gasteiger partial charge in [0.1, 0.15) is 28.5 Å². The molecule has 7 nitrogen and oxygen atoms in total. The standard InChI is InChI=1S/C31H25F2N7/c1-17(18-6-2-3-7-18)36-20-14-19(15-34-16-20)21-10-11-24-26(27(21)33)30(40-39-24)31-37-25-12-13-35-28(29(25)38-31)22-8-4-5-9-23(22)32/h4-5,8-16,18,36H,1-3,6-7H2,(H,37,38)(H,39,40). The van der Waals surface area contributed by atoms with Crippen molar-refractivity contribution < 1.29 is 8.78 Å². The predicted molar refractivity (Wildman–Crippen MR) is 152 cm³/mol. The number of imidazole rings is 1. The van der Waals surface area contributed by atoms with E-state index in [9.17, 15) is 4.39 Å². The molecule has 4 heterocycles. The molecule has 1 aliphatic carbocycles. The van der Waals surface area contributed by atoms with E-state index in [1.807, 2.05) is 6.07 Å². The number of aromatic amines is 2. The van der Waals surface area contributed by atoms with E-state index >= 15 is 4.39 Å². The molecule has 0 saturated heterocycles. The van der Waals surface area contributed by atoms with Gasteiger partial charge in [0.2, 0.25) is 0 Å². The van der Waals surface area contributed by atoms with Crippen molar-refractivity contribution in [3.8, 4) is 33.9 Å². The fraction of sp³-hybridized carbons (Fsp3) is 0.161. The number of aromatic nitrogens is 6. The van der Waals surface area contributed by atoms with Crippen LogP contribution in [-0.4, -0.2) is 30.1 Å². The molecule has 9 heteroatoms. The average molecular weight is 534 g/mol. The number of pyridine rings is 2. The lowest BCUT2D eigenvalue weighted by molar-refractivity contribution is 0.631. The molecule has 7 rings (SSSR count). The first kappa shape index (κ1) is 24.1. The van der Waals surface area contributed by atoms with E-state index in [1.165, 1.54) is 18.9 Å². The second-order valence-corrected chi connectivity index (χ2v) is 10.1. The maximum absolute atomic E-state index is 16.2. The number of nitrogens with zero attached hydrogens (tertiary/aromatic N) is 4. The Kier molecular flexibility index (Phi) is 5.84. The maximum atomic E-state index is 16.2. The van der Waals surface area contributed by atoms with Crippen LogP contribution in [0.5, 0.6) is 0 Å². The van der Waals surface area contributed by atoms with Gasteiger partial charge in [-0.25, -0.2) is 13.8 Å². The van der Waals surface area contributed by atoms with Crippen molar-refractivity contribution in [2.75, 3.05) is 5.32 Å². The number of fused-ring (bicyclic) bond motifs is 2. The largest absolute Gasteiger partial charge is 0.358 e. The molecule has 4 aromatic heterocycles. The lowest BCUT2D eigenvalue weighted by Gasteiger charge is -2.16. The number of hydrogen-bond acceptors (Lipinski definition) is 5. The fourth-order valence-corrected chi connectivity index (χ4v) is 5.58. The molecule has 0 spiro atoms. The number of nitrogens with one attached hydrogen (secondary N) is 3. The Labute approximate surface area is 228 Å². The van der Waals surface area contributed by atoms with Crippen molar-refractivity contribution in [1.82, 2.24) is 30.1 Å². The molecule has 0 amide bonds. The summed E-state index contributed by atoms with van der Waals surface area (Å²) in [5.74, 6) is -0.0414. The van der Waals surface area contributed by atoms with E-state index in [2.05, 4.69) is 42.0 Å². The van der Waals surface area contributed by atoms with Gasteiger partial charge in [-0.15, -0.1) is 0 Å². The number of H-pyrrole nitrogens is 2. The van der Waals surface area contributed by atoms with E-state index in [-0.39, 0.29) is 0 Å². The van der Waals surface area contributed by atoms with Crippen molar-refractivity contribution in [1.29, 1.82) is 0 Å². The van der Waals surface area contributed by atoms with Crippen LogP contribution in [0.3, 0.4) is 0 Å². The third kappa shape index (κ3) is 4.10. The van der Waals surface area contributed by atoms with E-state index in [4.69, 9.17) is 0 Å². The predicted octanol–water partition coefficient (Wildman–Crippen LogP) is 7.62. The molecule has 2 aromatic carbocycles. The highest BCUT2D eigenvalue weighted by Crippen LogP contribution is 2.36. The highest BCUT2D eigenvalue weighted by molar-refractivity contribution is 5.98. The molecule has 198 valence electrons. The molecule has 0 atom stereocenters. The molecule has 0 unspecified atom stereocenters. The summed E-state index contributed by atoms with van der Waals surface area (Å²) in [5.41, 5.74) is 5.46. The number of anilines is 1. The monoisotopic (exact) mass is 533 g/mol. The van der Waals surface area contributed by atoms with E-state index < -0.39 is 11.6 Å². The number of rotatable bonds is 6. The normalized spacial score (nSPS) is 13.8. The van der Waals surface area contributed by atoms with Gasteiger partial charge in [0.05, 0.1) is 28.3 Å². The highest BCUT2D eigenvalue weighted by atomic mass is 19.1. The van der Waals surface area contributed by atoms with Gasteiger partial charge < -0.3 is 10.3 Å². The zero-order chi connectivity index (χ0) is 27.2. The van der Waals surface area contributed by atoms with Gasteiger partial charge in [-0.1, -0.05) is 31.6 Å². The minimum Gasteiger partial charge on any atom is -0.358 e. The van der Waals surface area contributed by atoms with E-state index in [1.54, 1.807) is 55.0 Å². The smallest absolute Gasteiger partial charge is 0.159 e. The highest BCUT2D eigenvalue weighted by Gasteiger charge is 2.22. The summed E-state index contributed by atoms with van der Waals surface area (Å²) in [4.78, 5) is 16.6. The summed E-state index contributed by atoms with van der Waals surface area (Å²) >= 11 is 0. The minimum absolute atomic E-state index is 0.297. The van der Waals surface area contributed by atoms with Crippen molar-refractivity contribution in [2.45, 2.75) is 25.7 Å². The Balaban J connectivity index is 1.29. The van der Waals surface area contributed by atoms with Gasteiger partial charge in [-0.3, -0.25) is 15.1 Å². The second kappa shape index (κ2) is 9.68. The summed E-state index contributed by atoms with van der Waals surface area (Å²) < 4.78 is 30.8. The molecule has 40 heavy (non-hydrogen) atoms. The molecule has 0 bridgehead atoms. The van der Waals surface area contributed by atoms with Gasteiger partial charge in [0.15, 0.2) is 5.82 Å². The third-order valence-electron chi connectivity index (χ3n) is 7.62. The van der Waals surface area contributed by atoms with Crippen LogP contribution < -0.4 is 5.32 Å². The van der Waals surface area contributed by atoms with Crippen molar-refractivity contribution in [3.63, 3.8) is 0 Å². The van der Waals surface area contributed by atoms with Crippen LogP contribution in [0.2, 0.25) is 0 Å². The fourth-order valence-electron chi connectivity index (χ4n) is 5.58. The van der Waals surface area contributed by atoms with Crippen LogP contribution in [-0.2, 0) is 0 Å². The Morgan fingerprint density at radius 2 is 1.80 bits per heavy atom. The number of benzene rings is 2. The average Bonchev–Trinajstić information content (AvgIpc) is 3.73. The van der Waals surface area contributed by atoms with Crippen molar-refractivity contribution in [2.24, 2.45) is 5.92 Å². The number of halogens is 2. The Morgan fingerprint density at radius 3 is 2.65 bits per heavy atom. The zero-order valence-electron chi connectivity index (χ0n) is 21.5. The SMILES string of the molecule is C=C(Nc1cncc(-c2ccc3[nH]nc(-c4nc5c(-c6ccccc6F)nccc5[nH]4)c3c2F)c1)C1CCCC1. The van der Waals surface area contributed by atoms with Gasteiger partial charge in [0, 0.05) is 34.8 Å². The van der Waals surface area contributed by atoms with Gasteiger partial charge >= 0.3 is 0 Å². The lowest BCUT2D eigenvalue weighted by atomic mass is 10.0. The summed E-state index contributed by atoms with van der Waals surface area (Å²) in [7, 11) is 0. The van der Waals surface area contributed by atoms with Crippen LogP contribution in [0.25, 0.3) is 55.8 Å². The van der Waals surface area contributed by atoms with Gasteiger partial charge in [-0.05, 0) is 55.2 Å². The van der Waals surface area contributed by atoms with Crippen LogP contribution in [0.1, 0.15) is 25.7 Å². The zero-order valence-corrected chi connectivity index (χ0v) is 21.5. The summed E-state index contributed by atoms with van der Waals surface area (Å²) in [5, 5.41) is 11.0. The summed E-state index contributed by atoms with van der Waals surface area (Å²) in [6.45, 7) is 4.22.